The first-order valence-corrected chi connectivity index (χ1v) is 6.49. The number of Topliss-reactive ketones (excluding diaryl/α,β-unsaturated/α-hetero) is 1. The van der Waals surface area contributed by atoms with E-state index in [1.54, 1.807) is 18.2 Å². The molecule has 5 heteroatoms. The van der Waals surface area contributed by atoms with E-state index in [0.717, 1.165) is 5.56 Å². The van der Waals surface area contributed by atoms with Gasteiger partial charge in [-0.1, -0.05) is 29.3 Å². The normalized spacial score (nSPS) is 27.4. The maximum absolute atomic E-state index is 12.3. The largest absolute Gasteiger partial charge is 0.379 e. The lowest BCUT2D eigenvalue weighted by Crippen LogP contribution is -2.45. The lowest BCUT2D eigenvalue weighted by atomic mass is 9.79. The van der Waals surface area contributed by atoms with Gasteiger partial charge in [0.2, 0.25) is 0 Å². The second-order valence-electron chi connectivity index (χ2n) is 4.87. The lowest BCUT2D eigenvalue weighted by molar-refractivity contribution is -0.127. The Kier molecular flexibility index (Phi) is 3.97. The van der Waals surface area contributed by atoms with E-state index in [1.807, 2.05) is 6.92 Å². The molecule has 1 aliphatic heterocycles. The molecular weight excluding hydrogens is 273 g/mol. The third-order valence-electron chi connectivity index (χ3n) is 3.52. The SMILES string of the molecule is CC1(C(=O)Cc2ccc(Cl)cc2Cl)COCC1N. The molecule has 0 aromatic heterocycles. The molecule has 1 aromatic carbocycles. The highest BCUT2D eigenvalue weighted by Crippen LogP contribution is 2.31. The molecule has 18 heavy (non-hydrogen) atoms. The molecule has 98 valence electrons. The summed E-state index contributed by atoms with van der Waals surface area (Å²) in [7, 11) is 0. The molecule has 0 radical (unpaired) electrons. The minimum atomic E-state index is -0.622. The van der Waals surface area contributed by atoms with Crippen LogP contribution in [-0.2, 0) is 16.0 Å². The first-order chi connectivity index (χ1) is 8.43. The van der Waals surface area contributed by atoms with Gasteiger partial charge in [0.05, 0.1) is 18.6 Å². The third-order valence-corrected chi connectivity index (χ3v) is 4.11. The molecule has 0 amide bonds. The van der Waals surface area contributed by atoms with Crippen molar-refractivity contribution in [3.8, 4) is 0 Å². The van der Waals surface area contributed by atoms with Crippen molar-refractivity contribution in [1.29, 1.82) is 0 Å². The van der Waals surface area contributed by atoms with E-state index in [4.69, 9.17) is 33.7 Å². The van der Waals surface area contributed by atoms with Crippen LogP contribution in [-0.4, -0.2) is 25.0 Å². The van der Waals surface area contributed by atoms with Crippen molar-refractivity contribution < 1.29 is 9.53 Å². The molecule has 0 aliphatic carbocycles. The van der Waals surface area contributed by atoms with Crippen LogP contribution >= 0.6 is 23.2 Å². The highest BCUT2D eigenvalue weighted by molar-refractivity contribution is 6.35. The van der Waals surface area contributed by atoms with Crippen LogP contribution in [0.25, 0.3) is 0 Å². The van der Waals surface area contributed by atoms with Crippen molar-refractivity contribution in [2.75, 3.05) is 13.2 Å². The summed E-state index contributed by atoms with van der Waals surface area (Å²) in [5, 5.41) is 1.07. The number of halogens is 2. The highest BCUT2D eigenvalue weighted by Gasteiger charge is 2.43. The molecule has 0 spiro atoms. The number of rotatable bonds is 3. The van der Waals surface area contributed by atoms with Crippen molar-refractivity contribution in [3.63, 3.8) is 0 Å². The molecule has 1 saturated heterocycles. The lowest BCUT2D eigenvalue weighted by Gasteiger charge is -2.25. The summed E-state index contributed by atoms with van der Waals surface area (Å²) in [6, 6.07) is 4.88. The van der Waals surface area contributed by atoms with Crippen LogP contribution < -0.4 is 5.73 Å². The van der Waals surface area contributed by atoms with Crippen LogP contribution in [0.2, 0.25) is 10.0 Å². The summed E-state index contributed by atoms with van der Waals surface area (Å²) in [4.78, 5) is 12.3. The minimum absolute atomic E-state index is 0.0525. The van der Waals surface area contributed by atoms with Crippen molar-refractivity contribution in [1.82, 2.24) is 0 Å². The highest BCUT2D eigenvalue weighted by atomic mass is 35.5. The smallest absolute Gasteiger partial charge is 0.147 e. The Labute approximate surface area is 116 Å². The van der Waals surface area contributed by atoms with Gasteiger partial charge in [-0.2, -0.15) is 0 Å². The van der Waals surface area contributed by atoms with Crippen LogP contribution in [0.3, 0.4) is 0 Å². The monoisotopic (exact) mass is 287 g/mol. The van der Waals surface area contributed by atoms with Gasteiger partial charge in [0, 0.05) is 22.5 Å². The molecule has 2 N–H and O–H groups in total. The van der Waals surface area contributed by atoms with Crippen molar-refractivity contribution in [2.24, 2.45) is 11.1 Å². The average Bonchev–Trinajstić information content (AvgIpc) is 2.64. The van der Waals surface area contributed by atoms with Crippen LogP contribution in [0, 0.1) is 5.41 Å². The van der Waals surface area contributed by atoms with E-state index in [-0.39, 0.29) is 18.2 Å². The Morgan fingerprint density at radius 2 is 2.28 bits per heavy atom. The first-order valence-electron chi connectivity index (χ1n) is 5.74. The maximum atomic E-state index is 12.3. The van der Waals surface area contributed by atoms with E-state index in [2.05, 4.69) is 0 Å². The molecule has 3 nitrogen and oxygen atoms in total. The van der Waals surface area contributed by atoms with E-state index in [1.165, 1.54) is 0 Å². The molecule has 0 bridgehead atoms. The quantitative estimate of drug-likeness (QED) is 0.929. The van der Waals surface area contributed by atoms with E-state index in [0.29, 0.717) is 23.3 Å². The topological polar surface area (TPSA) is 52.3 Å². The van der Waals surface area contributed by atoms with Crippen molar-refractivity contribution in [3.05, 3.63) is 33.8 Å². The van der Waals surface area contributed by atoms with E-state index >= 15 is 0 Å². The summed E-state index contributed by atoms with van der Waals surface area (Å²) in [5.41, 5.74) is 6.08. The Balaban J connectivity index is 2.16. The Morgan fingerprint density at radius 1 is 1.56 bits per heavy atom. The van der Waals surface area contributed by atoms with Gasteiger partial charge in [-0.15, -0.1) is 0 Å². The number of ketones is 1. The van der Waals surface area contributed by atoms with E-state index in [9.17, 15) is 4.79 Å². The summed E-state index contributed by atoms with van der Waals surface area (Å²) in [6.07, 6.45) is 0.254. The van der Waals surface area contributed by atoms with E-state index < -0.39 is 5.41 Å². The van der Waals surface area contributed by atoms with Gasteiger partial charge in [0.15, 0.2) is 0 Å². The average molecular weight is 288 g/mol. The second-order valence-corrected chi connectivity index (χ2v) is 5.72. The second kappa shape index (κ2) is 5.17. The number of hydrogen-bond acceptors (Lipinski definition) is 3. The molecule has 2 atom stereocenters. The summed E-state index contributed by atoms with van der Waals surface area (Å²) in [6.45, 7) is 2.64. The molecule has 1 aliphatic rings. The van der Waals surface area contributed by atoms with Gasteiger partial charge in [-0.05, 0) is 24.6 Å². The van der Waals surface area contributed by atoms with Crippen LogP contribution in [0.5, 0.6) is 0 Å². The Morgan fingerprint density at radius 3 is 2.83 bits per heavy atom. The van der Waals surface area contributed by atoms with Crippen molar-refractivity contribution in [2.45, 2.75) is 19.4 Å². The number of benzene rings is 1. The predicted molar refractivity (Wildman–Crippen MR) is 72.1 cm³/mol. The number of nitrogens with two attached hydrogens (primary N) is 1. The first kappa shape index (κ1) is 13.8. The molecule has 1 aromatic rings. The molecule has 1 heterocycles. The van der Waals surface area contributed by atoms with Gasteiger partial charge in [0.25, 0.3) is 0 Å². The predicted octanol–water partition coefficient (Wildman–Crippen LogP) is 2.47. The van der Waals surface area contributed by atoms with Crippen LogP contribution in [0.1, 0.15) is 12.5 Å². The summed E-state index contributed by atoms with van der Waals surface area (Å²) < 4.78 is 5.28. The zero-order chi connectivity index (χ0) is 13.3. The van der Waals surface area contributed by atoms with Gasteiger partial charge in [-0.3, -0.25) is 4.79 Å². The third kappa shape index (κ3) is 2.54. The molecule has 0 saturated carbocycles. The zero-order valence-corrected chi connectivity index (χ0v) is 11.6. The summed E-state index contributed by atoms with van der Waals surface area (Å²) >= 11 is 11.9. The van der Waals surface area contributed by atoms with Crippen LogP contribution in [0.4, 0.5) is 0 Å². The molecule has 2 unspecified atom stereocenters. The number of hydrogen-bond donors (Lipinski definition) is 1. The molecular formula is C13H15Cl2NO2. The number of ether oxygens (including phenoxy) is 1. The fraction of sp³-hybridized carbons (Fsp3) is 0.462. The zero-order valence-electron chi connectivity index (χ0n) is 10.1. The van der Waals surface area contributed by atoms with Gasteiger partial charge >= 0.3 is 0 Å². The number of carbonyl (C=O) groups excluding carboxylic acids is 1. The number of carbonyl (C=O) groups is 1. The van der Waals surface area contributed by atoms with Crippen molar-refractivity contribution >= 4 is 29.0 Å². The van der Waals surface area contributed by atoms with Gasteiger partial charge < -0.3 is 10.5 Å². The standard InChI is InChI=1S/C13H15Cl2NO2/c1-13(7-18-6-11(13)16)12(17)4-8-2-3-9(14)5-10(8)15/h2-3,5,11H,4,6-7,16H2,1H3. The molecule has 1 fully saturated rings. The summed E-state index contributed by atoms with van der Waals surface area (Å²) in [5.74, 6) is 0.0525. The van der Waals surface area contributed by atoms with Crippen LogP contribution in [0.15, 0.2) is 18.2 Å². The maximum Gasteiger partial charge on any atom is 0.147 e. The Bertz CT molecular complexity index is 478. The van der Waals surface area contributed by atoms with Gasteiger partial charge in [-0.25, -0.2) is 0 Å². The fourth-order valence-electron chi connectivity index (χ4n) is 2.02. The molecule has 2 rings (SSSR count). The van der Waals surface area contributed by atoms with Gasteiger partial charge in [0.1, 0.15) is 5.78 Å². The minimum Gasteiger partial charge on any atom is -0.379 e. The Hall–Kier alpha value is -0.610. The fourth-order valence-corrected chi connectivity index (χ4v) is 2.49.